The number of rotatable bonds is 4. The number of piperidine rings is 1. The summed E-state index contributed by atoms with van der Waals surface area (Å²) >= 11 is 0. The van der Waals surface area contributed by atoms with Gasteiger partial charge in [-0.15, -0.1) is 0 Å². The molecule has 1 rings (SSSR count). The van der Waals surface area contributed by atoms with Gasteiger partial charge in [0.2, 0.25) is 0 Å². The van der Waals surface area contributed by atoms with E-state index >= 15 is 0 Å². The summed E-state index contributed by atoms with van der Waals surface area (Å²) in [4.78, 5) is 5.99. The number of hydroxylamine groups is 2. The van der Waals surface area contributed by atoms with E-state index < -0.39 is 0 Å². The average molecular weight is 213 g/mol. The van der Waals surface area contributed by atoms with Gasteiger partial charge in [-0.2, -0.15) is 5.06 Å². The molecule has 2 nitrogen and oxygen atoms in total. The van der Waals surface area contributed by atoms with Crippen molar-refractivity contribution < 1.29 is 4.84 Å². The summed E-state index contributed by atoms with van der Waals surface area (Å²) in [6.07, 6.45) is 6.15. The molecule has 0 spiro atoms. The highest BCUT2D eigenvalue weighted by atomic mass is 16.7. The fraction of sp³-hybridized carbons (Fsp3) is 1.00. The highest BCUT2D eigenvalue weighted by molar-refractivity contribution is 4.92. The largest absolute Gasteiger partial charge is 0.298 e. The van der Waals surface area contributed by atoms with Crippen LogP contribution in [0.3, 0.4) is 0 Å². The van der Waals surface area contributed by atoms with Crippen molar-refractivity contribution in [3.8, 4) is 0 Å². The zero-order valence-corrected chi connectivity index (χ0v) is 11.1. The third-order valence-corrected chi connectivity index (χ3v) is 3.40. The van der Waals surface area contributed by atoms with Crippen molar-refractivity contribution in [1.29, 1.82) is 0 Å². The second kappa shape index (κ2) is 4.84. The summed E-state index contributed by atoms with van der Waals surface area (Å²) in [6, 6.07) is 0. The first-order valence-corrected chi connectivity index (χ1v) is 6.33. The molecule has 15 heavy (non-hydrogen) atoms. The molecule has 0 bridgehead atoms. The van der Waals surface area contributed by atoms with Crippen LogP contribution in [0.2, 0.25) is 0 Å². The quantitative estimate of drug-likeness (QED) is 0.659. The topological polar surface area (TPSA) is 12.5 Å². The Hall–Kier alpha value is -0.0800. The smallest absolute Gasteiger partial charge is 0.0685 e. The predicted molar refractivity (Wildman–Crippen MR) is 64.7 cm³/mol. The number of hydrogen-bond acceptors (Lipinski definition) is 2. The highest BCUT2D eigenvalue weighted by Crippen LogP contribution is 2.38. The summed E-state index contributed by atoms with van der Waals surface area (Å²) in [5.74, 6) is 0. The summed E-state index contributed by atoms with van der Waals surface area (Å²) in [7, 11) is 0. The van der Waals surface area contributed by atoms with E-state index in [1.54, 1.807) is 0 Å². The van der Waals surface area contributed by atoms with Crippen LogP contribution in [-0.4, -0.2) is 22.7 Å². The molecule has 1 heterocycles. The number of nitrogens with zero attached hydrogens (tertiary/aromatic N) is 1. The SMILES string of the molecule is CCCCON1C(C)(C)CCCC1(C)C. The molecule has 1 saturated heterocycles. The van der Waals surface area contributed by atoms with Gasteiger partial charge in [-0.1, -0.05) is 13.3 Å². The van der Waals surface area contributed by atoms with Gasteiger partial charge >= 0.3 is 0 Å². The molecule has 0 atom stereocenters. The van der Waals surface area contributed by atoms with Gasteiger partial charge in [0.25, 0.3) is 0 Å². The first-order valence-electron chi connectivity index (χ1n) is 6.33. The van der Waals surface area contributed by atoms with E-state index in [0.717, 1.165) is 13.0 Å². The minimum absolute atomic E-state index is 0.190. The normalized spacial score (nSPS) is 25.4. The van der Waals surface area contributed by atoms with Crippen LogP contribution in [0.5, 0.6) is 0 Å². The van der Waals surface area contributed by atoms with Crippen molar-refractivity contribution in [2.45, 2.75) is 77.8 Å². The van der Waals surface area contributed by atoms with Crippen molar-refractivity contribution >= 4 is 0 Å². The van der Waals surface area contributed by atoms with Gasteiger partial charge in [-0.3, -0.25) is 4.84 Å². The van der Waals surface area contributed by atoms with E-state index in [2.05, 4.69) is 39.7 Å². The minimum atomic E-state index is 0.190. The molecule has 0 radical (unpaired) electrons. The molecule has 1 fully saturated rings. The van der Waals surface area contributed by atoms with Crippen molar-refractivity contribution in [2.24, 2.45) is 0 Å². The Morgan fingerprint density at radius 2 is 1.60 bits per heavy atom. The Morgan fingerprint density at radius 3 is 2.07 bits per heavy atom. The Labute approximate surface area is 94.9 Å². The molecule has 0 unspecified atom stereocenters. The van der Waals surface area contributed by atoms with Crippen LogP contribution in [0, 0.1) is 0 Å². The molecular formula is C13H27NO. The number of unbranched alkanes of at least 4 members (excludes halogenated alkanes) is 1. The minimum Gasteiger partial charge on any atom is -0.298 e. The lowest BCUT2D eigenvalue weighted by Crippen LogP contribution is -2.58. The molecule has 90 valence electrons. The Bertz CT molecular complexity index is 183. The van der Waals surface area contributed by atoms with Crippen molar-refractivity contribution in [2.75, 3.05) is 6.61 Å². The maximum Gasteiger partial charge on any atom is 0.0685 e. The summed E-state index contributed by atoms with van der Waals surface area (Å²) in [5.41, 5.74) is 0.380. The average Bonchev–Trinajstić information content (AvgIpc) is 2.09. The fourth-order valence-corrected chi connectivity index (χ4v) is 2.63. The fourth-order valence-electron chi connectivity index (χ4n) is 2.63. The Kier molecular flexibility index (Phi) is 4.19. The summed E-state index contributed by atoms with van der Waals surface area (Å²) in [5, 5.41) is 2.25. The molecule has 1 aliphatic heterocycles. The molecule has 0 aromatic heterocycles. The van der Waals surface area contributed by atoms with Crippen molar-refractivity contribution in [1.82, 2.24) is 5.06 Å². The third kappa shape index (κ3) is 3.18. The van der Waals surface area contributed by atoms with Crippen molar-refractivity contribution in [3.63, 3.8) is 0 Å². The van der Waals surface area contributed by atoms with Crippen LogP contribution in [0.4, 0.5) is 0 Å². The molecular weight excluding hydrogens is 186 g/mol. The van der Waals surface area contributed by atoms with E-state index in [0.29, 0.717) is 0 Å². The van der Waals surface area contributed by atoms with E-state index in [9.17, 15) is 0 Å². The van der Waals surface area contributed by atoms with Gasteiger partial charge in [-0.05, 0) is 53.4 Å². The Balaban J connectivity index is 2.60. The van der Waals surface area contributed by atoms with Gasteiger partial charge in [0.15, 0.2) is 0 Å². The first kappa shape index (κ1) is 13.0. The molecule has 0 N–H and O–H groups in total. The lowest BCUT2D eigenvalue weighted by Gasteiger charge is -2.51. The molecule has 0 saturated carbocycles. The second-order valence-electron chi connectivity index (χ2n) is 5.96. The van der Waals surface area contributed by atoms with E-state index in [1.807, 2.05) is 0 Å². The van der Waals surface area contributed by atoms with E-state index in [4.69, 9.17) is 4.84 Å². The molecule has 1 aliphatic rings. The zero-order valence-electron chi connectivity index (χ0n) is 11.1. The molecule has 0 aromatic carbocycles. The summed E-state index contributed by atoms with van der Waals surface area (Å²) in [6.45, 7) is 12.2. The van der Waals surface area contributed by atoms with Gasteiger partial charge in [0.05, 0.1) is 6.61 Å². The van der Waals surface area contributed by atoms with Gasteiger partial charge in [-0.25, -0.2) is 0 Å². The first-order chi connectivity index (χ1) is 6.90. The lowest BCUT2D eigenvalue weighted by molar-refractivity contribution is -0.281. The van der Waals surface area contributed by atoms with E-state index in [1.165, 1.54) is 25.7 Å². The zero-order chi connectivity index (χ0) is 11.5. The van der Waals surface area contributed by atoms with Gasteiger partial charge in [0.1, 0.15) is 0 Å². The van der Waals surface area contributed by atoms with Crippen LogP contribution < -0.4 is 0 Å². The van der Waals surface area contributed by atoms with Crippen LogP contribution in [0.15, 0.2) is 0 Å². The Morgan fingerprint density at radius 1 is 1.07 bits per heavy atom. The third-order valence-electron chi connectivity index (χ3n) is 3.40. The highest BCUT2D eigenvalue weighted by Gasteiger charge is 2.42. The van der Waals surface area contributed by atoms with E-state index in [-0.39, 0.29) is 11.1 Å². The lowest BCUT2D eigenvalue weighted by atomic mass is 9.82. The monoisotopic (exact) mass is 213 g/mol. The van der Waals surface area contributed by atoms with Crippen LogP contribution in [-0.2, 0) is 4.84 Å². The van der Waals surface area contributed by atoms with Crippen LogP contribution in [0.1, 0.15) is 66.7 Å². The maximum atomic E-state index is 5.99. The van der Waals surface area contributed by atoms with Gasteiger partial charge < -0.3 is 0 Å². The molecule has 0 aromatic rings. The maximum absolute atomic E-state index is 5.99. The molecule has 0 aliphatic carbocycles. The summed E-state index contributed by atoms with van der Waals surface area (Å²) < 4.78 is 0. The van der Waals surface area contributed by atoms with Crippen molar-refractivity contribution in [3.05, 3.63) is 0 Å². The molecule has 2 heteroatoms. The van der Waals surface area contributed by atoms with Gasteiger partial charge in [0, 0.05) is 11.1 Å². The standard InChI is InChI=1S/C13H27NO/c1-6-7-11-15-14-12(2,3)9-8-10-13(14,4)5/h6-11H2,1-5H3. The van der Waals surface area contributed by atoms with Crippen LogP contribution in [0.25, 0.3) is 0 Å². The number of hydrogen-bond donors (Lipinski definition) is 0. The molecule has 0 amide bonds. The van der Waals surface area contributed by atoms with Crippen LogP contribution >= 0.6 is 0 Å². The second-order valence-corrected chi connectivity index (χ2v) is 5.96. The predicted octanol–water partition coefficient (Wildman–Crippen LogP) is 3.76.